The van der Waals surface area contributed by atoms with Crippen molar-refractivity contribution in [3.05, 3.63) is 29.3 Å². The van der Waals surface area contributed by atoms with Crippen molar-refractivity contribution in [2.45, 2.75) is 24.9 Å². The summed E-state index contributed by atoms with van der Waals surface area (Å²) in [5.74, 6) is 0.169. The second-order valence-electron chi connectivity index (χ2n) is 3.70. The highest BCUT2D eigenvalue weighted by atomic mass is 16.3. The van der Waals surface area contributed by atoms with Gasteiger partial charge in [0.25, 0.3) is 0 Å². The number of phenolic OH excluding ortho intramolecular Hbond substituents is 1. The highest BCUT2D eigenvalue weighted by molar-refractivity contribution is 5.68. The molecule has 0 spiro atoms. The summed E-state index contributed by atoms with van der Waals surface area (Å²) in [6, 6.07) is 4.92. The Bertz CT molecular complexity index is 373. The van der Waals surface area contributed by atoms with Gasteiger partial charge in [0.1, 0.15) is 11.4 Å². The molecule has 0 aliphatic heterocycles. The zero-order chi connectivity index (χ0) is 10.2. The van der Waals surface area contributed by atoms with E-state index >= 15 is 0 Å². The smallest absolute Gasteiger partial charge is 0.156 e. The predicted octanol–water partition coefficient (Wildman–Crippen LogP) is 1.11. The van der Waals surface area contributed by atoms with Gasteiger partial charge in [-0.15, -0.1) is 0 Å². The van der Waals surface area contributed by atoms with Gasteiger partial charge in [0.05, 0.1) is 0 Å². The molecule has 0 heterocycles. The minimum absolute atomic E-state index is 0.169. The lowest BCUT2D eigenvalue weighted by Gasteiger charge is -2.29. The summed E-state index contributed by atoms with van der Waals surface area (Å²) in [6.45, 7) is 0. The van der Waals surface area contributed by atoms with Gasteiger partial charge >= 0.3 is 0 Å². The highest BCUT2D eigenvalue weighted by Crippen LogP contribution is 2.37. The van der Waals surface area contributed by atoms with Crippen LogP contribution in [-0.4, -0.2) is 16.5 Å². The van der Waals surface area contributed by atoms with Gasteiger partial charge in [0, 0.05) is 5.56 Å². The molecule has 0 fully saturated rings. The van der Waals surface area contributed by atoms with Gasteiger partial charge in [-0.05, 0) is 30.9 Å². The summed E-state index contributed by atoms with van der Waals surface area (Å²) in [5.41, 5.74) is -0.140. The maximum Gasteiger partial charge on any atom is 0.156 e. The Kier molecular flexibility index (Phi) is 2.04. The van der Waals surface area contributed by atoms with Crippen molar-refractivity contribution >= 4 is 6.29 Å². The van der Waals surface area contributed by atoms with Crippen molar-refractivity contribution in [3.63, 3.8) is 0 Å². The summed E-state index contributed by atoms with van der Waals surface area (Å²) >= 11 is 0. The van der Waals surface area contributed by atoms with Gasteiger partial charge in [-0.1, -0.05) is 12.1 Å². The molecule has 1 aliphatic rings. The number of aliphatic hydroxyl groups is 1. The van der Waals surface area contributed by atoms with Gasteiger partial charge in [-0.3, -0.25) is 4.79 Å². The van der Waals surface area contributed by atoms with E-state index in [-0.39, 0.29) is 5.75 Å². The summed E-state index contributed by atoms with van der Waals surface area (Å²) in [6.07, 6.45) is 2.44. The van der Waals surface area contributed by atoms with Crippen LogP contribution < -0.4 is 0 Å². The van der Waals surface area contributed by atoms with Crippen LogP contribution in [0, 0.1) is 0 Å². The normalized spacial score (nSPS) is 25.5. The topological polar surface area (TPSA) is 57.5 Å². The molecule has 1 aromatic rings. The van der Waals surface area contributed by atoms with Crippen molar-refractivity contribution in [2.75, 3.05) is 0 Å². The maximum atomic E-state index is 10.8. The van der Waals surface area contributed by atoms with Crippen LogP contribution in [0.15, 0.2) is 18.2 Å². The zero-order valence-electron chi connectivity index (χ0n) is 7.73. The number of fused-ring (bicyclic) bond motifs is 1. The Morgan fingerprint density at radius 3 is 2.93 bits per heavy atom. The van der Waals surface area contributed by atoms with Crippen molar-refractivity contribution in [1.29, 1.82) is 0 Å². The molecule has 0 saturated heterocycles. The minimum atomic E-state index is -1.40. The lowest BCUT2D eigenvalue weighted by Crippen LogP contribution is -2.32. The Morgan fingerprint density at radius 1 is 1.43 bits per heavy atom. The summed E-state index contributed by atoms with van der Waals surface area (Å²) < 4.78 is 0. The van der Waals surface area contributed by atoms with Crippen LogP contribution in [0.3, 0.4) is 0 Å². The molecule has 1 atom stereocenters. The number of carbonyl (C=O) groups excluding carboxylic acids is 1. The number of benzene rings is 1. The van der Waals surface area contributed by atoms with E-state index in [0.717, 1.165) is 12.8 Å². The summed E-state index contributed by atoms with van der Waals surface area (Å²) in [5, 5.41) is 19.5. The first-order valence-corrected chi connectivity index (χ1v) is 4.67. The molecule has 0 saturated carbocycles. The minimum Gasteiger partial charge on any atom is -0.508 e. The van der Waals surface area contributed by atoms with Crippen LogP contribution in [0.4, 0.5) is 0 Å². The number of carbonyl (C=O) groups is 1. The van der Waals surface area contributed by atoms with Crippen LogP contribution in [-0.2, 0) is 16.8 Å². The van der Waals surface area contributed by atoms with Crippen LogP contribution in [0.1, 0.15) is 24.0 Å². The number of aromatic hydroxyl groups is 1. The van der Waals surface area contributed by atoms with Crippen LogP contribution in [0.5, 0.6) is 5.75 Å². The Morgan fingerprint density at radius 2 is 2.21 bits per heavy atom. The van der Waals surface area contributed by atoms with Crippen LogP contribution in [0.25, 0.3) is 0 Å². The third-order valence-electron chi connectivity index (χ3n) is 2.80. The van der Waals surface area contributed by atoms with Crippen molar-refractivity contribution < 1.29 is 15.0 Å². The predicted molar refractivity (Wildman–Crippen MR) is 51.0 cm³/mol. The standard InChI is InChI=1S/C11H12O3/c12-7-11(14)6-2-3-8-9(11)4-1-5-10(8)13/h1,4-5,7,13-14H,2-3,6H2. The lowest BCUT2D eigenvalue weighted by molar-refractivity contribution is -0.126. The second kappa shape index (κ2) is 3.10. The first-order chi connectivity index (χ1) is 6.67. The molecular weight excluding hydrogens is 180 g/mol. The number of aldehydes is 1. The molecule has 0 aromatic heterocycles. The number of phenols is 1. The molecule has 74 valence electrons. The average molecular weight is 192 g/mol. The van der Waals surface area contributed by atoms with Crippen molar-refractivity contribution in [1.82, 2.24) is 0 Å². The van der Waals surface area contributed by atoms with E-state index in [4.69, 9.17) is 0 Å². The quantitative estimate of drug-likeness (QED) is 0.655. The maximum absolute atomic E-state index is 10.8. The fourth-order valence-electron chi connectivity index (χ4n) is 2.03. The van der Waals surface area contributed by atoms with E-state index in [1.165, 1.54) is 0 Å². The highest BCUT2D eigenvalue weighted by Gasteiger charge is 2.34. The number of hydrogen-bond donors (Lipinski definition) is 2. The van der Waals surface area contributed by atoms with E-state index in [0.29, 0.717) is 23.8 Å². The molecule has 14 heavy (non-hydrogen) atoms. The van der Waals surface area contributed by atoms with E-state index < -0.39 is 5.60 Å². The third kappa shape index (κ3) is 1.21. The third-order valence-corrected chi connectivity index (χ3v) is 2.80. The molecule has 3 heteroatoms. The SMILES string of the molecule is O=CC1(O)CCCc2c(O)cccc21. The molecular formula is C11H12O3. The molecule has 1 aromatic carbocycles. The van der Waals surface area contributed by atoms with Gasteiger partial charge in [-0.2, -0.15) is 0 Å². The molecule has 0 bridgehead atoms. The Labute approximate surface area is 82.0 Å². The second-order valence-corrected chi connectivity index (χ2v) is 3.70. The van der Waals surface area contributed by atoms with E-state index in [2.05, 4.69) is 0 Å². The fourth-order valence-corrected chi connectivity index (χ4v) is 2.03. The molecule has 1 unspecified atom stereocenters. The van der Waals surface area contributed by atoms with Gasteiger partial charge in [0.2, 0.25) is 0 Å². The molecule has 1 aliphatic carbocycles. The molecule has 2 N–H and O–H groups in total. The fraction of sp³-hybridized carbons (Fsp3) is 0.364. The van der Waals surface area contributed by atoms with Gasteiger partial charge in [-0.25, -0.2) is 0 Å². The molecule has 0 amide bonds. The van der Waals surface area contributed by atoms with Crippen molar-refractivity contribution in [3.8, 4) is 5.75 Å². The molecule has 3 nitrogen and oxygen atoms in total. The monoisotopic (exact) mass is 192 g/mol. The van der Waals surface area contributed by atoms with E-state index in [1.807, 2.05) is 0 Å². The van der Waals surface area contributed by atoms with Gasteiger partial charge in [0.15, 0.2) is 6.29 Å². The average Bonchev–Trinajstić information content (AvgIpc) is 2.20. The lowest BCUT2D eigenvalue weighted by atomic mass is 9.80. The summed E-state index contributed by atoms with van der Waals surface area (Å²) in [7, 11) is 0. The largest absolute Gasteiger partial charge is 0.508 e. The van der Waals surface area contributed by atoms with Crippen LogP contribution in [0.2, 0.25) is 0 Å². The first kappa shape index (κ1) is 9.21. The molecule has 2 rings (SSSR count). The summed E-state index contributed by atoms with van der Waals surface area (Å²) in [4.78, 5) is 10.8. The zero-order valence-corrected chi connectivity index (χ0v) is 7.73. The van der Waals surface area contributed by atoms with Gasteiger partial charge < -0.3 is 10.2 Å². The Hall–Kier alpha value is -1.35. The van der Waals surface area contributed by atoms with E-state index in [1.54, 1.807) is 18.2 Å². The van der Waals surface area contributed by atoms with E-state index in [9.17, 15) is 15.0 Å². The molecule has 0 radical (unpaired) electrons. The first-order valence-electron chi connectivity index (χ1n) is 4.67. The number of rotatable bonds is 1. The van der Waals surface area contributed by atoms with Crippen LogP contribution >= 0.6 is 0 Å². The van der Waals surface area contributed by atoms with Crippen molar-refractivity contribution in [2.24, 2.45) is 0 Å². The Balaban J connectivity index is 2.60. The number of hydrogen-bond acceptors (Lipinski definition) is 3.